The van der Waals surface area contributed by atoms with Crippen molar-refractivity contribution in [1.29, 1.82) is 0 Å². The minimum Gasteiger partial charge on any atom is -0.481 e. The number of unbranched alkanes of at least 4 members (excludes halogenated alkanes) is 5. The third-order valence-corrected chi connectivity index (χ3v) is 8.44. The third-order valence-electron chi connectivity index (χ3n) is 8.44. The SMILES string of the molecule is Cc1cc(=O)[nH]c(NC(=O)NCCCCCCNC(=O)NCCCCCC(=O)NCC(=O)N[C@H](CCCN=C(N)N)C(=O)NCC(=O)N[C@H](CC(=O)O)C(=O)N[C@@H](CO)C(=O)O)n1. The standard InChI is InChI=1S/C36H60N14O13/c1-21-16-26(53)49-34(45-21)50-36(63)42-14-7-3-2-6-12-40-35(62)41-13-8-4-5-11-25(52)43-18-27(54)46-22(10-9-15-39-33(37)38)30(58)44-19-28(55)47-23(17-29(56)57)31(59)48-24(20-51)32(60)61/h16,22-24,51H,2-15,17-20H2,1H3,(H,43,52)(H,44,58)(H,46,54)(H,47,55)(H,48,59)(H,56,57)(H,60,61)(H4,37,38,39)(H2,40,41,62)(H3,42,45,49,50,53,63)/t22-,23-,24+/m1/s1. The first-order chi connectivity index (χ1) is 29.9. The molecule has 0 spiro atoms. The lowest BCUT2D eigenvalue weighted by Gasteiger charge is -2.21. The fraction of sp³-hybridized carbons (Fsp3) is 0.611. The molecule has 0 fully saturated rings. The van der Waals surface area contributed by atoms with Gasteiger partial charge in [-0.15, -0.1) is 0 Å². The lowest BCUT2D eigenvalue weighted by Crippen LogP contribution is -2.55. The Morgan fingerprint density at radius 3 is 1.83 bits per heavy atom. The van der Waals surface area contributed by atoms with E-state index in [4.69, 9.17) is 26.8 Å². The van der Waals surface area contributed by atoms with Crippen LogP contribution in [-0.2, 0) is 33.6 Å². The number of carbonyl (C=O) groups excluding carboxylic acids is 7. The number of urea groups is 2. The van der Waals surface area contributed by atoms with E-state index in [1.54, 1.807) is 6.92 Å². The summed E-state index contributed by atoms with van der Waals surface area (Å²) >= 11 is 0. The molecule has 63 heavy (non-hydrogen) atoms. The first-order valence-corrected chi connectivity index (χ1v) is 20.1. The van der Waals surface area contributed by atoms with Crippen molar-refractivity contribution in [3.63, 3.8) is 0 Å². The number of nitrogens with zero attached hydrogens (tertiary/aromatic N) is 2. The van der Waals surface area contributed by atoms with Crippen LogP contribution < -0.4 is 64.9 Å². The third kappa shape index (κ3) is 26.7. The van der Waals surface area contributed by atoms with Crippen LogP contribution in [0.3, 0.4) is 0 Å². The molecule has 0 aliphatic heterocycles. The van der Waals surface area contributed by atoms with Gasteiger partial charge in [-0.1, -0.05) is 19.3 Å². The summed E-state index contributed by atoms with van der Waals surface area (Å²) in [5.41, 5.74) is 10.8. The van der Waals surface area contributed by atoms with Crippen LogP contribution in [0.2, 0.25) is 0 Å². The van der Waals surface area contributed by atoms with Gasteiger partial charge < -0.3 is 69.3 Å². The topological polar surface area (TPSA) is 433 Å². The van der Waals surface area contributed by atoms with Crippen LogP contribution in [0, 0.1) is 6.92 Å². The van der Waals surface area contributed by atoms with Crippen molar-refractivity contribution in [3.05, 3.63) is 22.1 Å². The van der Waals surface area contributed by atoms with E-state index in [1.165, 1.54) is 6.07 Å². The number of guanidine groups is 1. The molecule has 352 valence electrons. The number of H-pyrrole nitrogens is 1. The molecule has 1 aromatic heterocycles. The summed E-state index contributed by atoms with van der Waals surface area (Å²) in [6.07, 6.45) is 4.08. The van der Waals surface area contributed by atoms with Crippen LogP contribution in [0.15, 0.2) is 15.9 Å². The fourth-order valence-corrected chi connectivity index (χ4v) is 5.31. The number of carboxylic acid groups (broad SMARTS) is 2. The highest BCUT2D eigenvalue weighted by Gasteiger charge is 2.29. The maximum absolute atomic E-state index is 13.0. The highest BCUT2D eigenvalue weighted by Crippen LogP contribution is 2.02. The lowest BCUT2D eigenvalue weighted by molar-refractivity contribution is -0.144. The van der Waals surface area contributed by atoms with E-state index in [0.717, 1.165) is 25.7 Å². The molecule has 0 saturated heterocycles. The first-order valence-electron chi connectivity index (χ1n) is 20.1. The average Bonchev–Trinajstić information content (AvgIpc) is 3.20. The number of carbonyl (C=O) groups is 9. The molecule has 27 heteroatoms. The minimum absolute atomic E-state index is 0.0147. The summed E-state index contributed by atoms with van der Waals surface area (Å²) in [7, 11) is 0. The predicted octanol–water partition coefficient (Wildman–Crippen LogP) is -4.09. The summed E-state index contributed by atoms with van der Waals surface area (Å²) < 4.78 is 0. The van der Waals surface area contributed by atoms with Crippen molar-refractivity contribution in [3.8, 4) is 0 Å². The van der Waals surface area contributed by atoms with Crippen LogP contribution in [0.25, 0.3) is 0 Å². The highest BCUT2D eigenvalue weighted by molar-refractivity contribution is 5.95. The van der Waals surface area contributed by atoms with Gasteiger partial charge in [-0.3, -0.25) is 48.9 Å². The van der Waals surface area contributed by atoms with Crippen molar-refractivity contribution >= 4 is 65.4 Å². The molecule has 1 rings (SSSR count). The number of amides is 9. The van der Waals surface area contributed by atoms with E-state index in [9.17, 15) is 47.9 Å². The molecule has 17 N–H and O–H groups in total. The van der Waals surface area contributed by atoms with Crippen molar-refractivity contribution in [2.24, 2.45) is 16.5 Å². The zero-order valence-electron chi connectivity index (χ0n) is 35.0. The molecule has 0 aliphatic rings. The second-order valence-electron chi connectivity index (χ2n) is 13.9. The second-order valence-corrected chi connectivity index (χ2v) is 13.9. The lowest BCUT2D eigenvalue weighted by atomic mass is 10.1. The smallest absolute Gasteiger partial charge is 0.328 e. The fourth-order valence-electron chi connectivity index (χ4n) is 5.31. The maximum atomic E-state index is 13.0. The van der Waals surface area contributed by atoms with Crippen molar-refractivity contribution in [2.45, 2.75) is 95.7 Å². The van der Waals surface area contributed by atoms with E-state index in [-0.39, 0.29) is 49.3 Å². The van der Waals surface area contributed by atoms with Crippen molar-refractivity contribution in [2.75, 3.05) is 51.2 Å². The number of anilines is 1. The maximum Gasteiger partial charge on any atom is 0.328 e. The number of aromatic nitrogens is 2. The quantitative estimate of drug-likeness (QED) is 0.0191. The Balaban J connectivity index is 2.35. The van der Waals surface area contributed by atoms with Crippen LogP contribution in [-0.4, -0.2) is 149 Å². The number of nitrogens with two attached hydrogens (primary N) is 2. The largest absolute Gasteiger partial charge is 0.481 e. The van der Waals surface area contributed by atoms with Crippen molar-refractivity contribution in [1.82, 2.24) is 52.5 Å². The Kier molecular flexibility index (Phi) is 26.5. The number of aliphatic hydroxyl groups excluding tert-OH is 1. The number of rotatable bonds is 31. The number of aliphatic carboxylic acids is 2. The number of hydrogen-bond donors (Lipinski definition) is 15. The number of nitrogens with one attached hydrogen (secondary N) is 10. The molecule has 3 atom stereocenters. The first kappa shape index (κ1) is 54.0. The van der Waals surface area contributed by atoms with Gasteiger partial charge in [0.05, 0.1) is 26.1 Å². The molecule has 1 heterocycles. The normalized spacial score (nSPS) is 11.9. The number of aromatic amines is 1. The van der Waals surface area contributed by atoms with Crippen molar-refractivity contribution < 1.29 is 58.5 Å². The molecule has 9 amide bonds. The molecule has 27 nitrogen and oxygen atoms in total. The molecule has 1 aromatic rings. The number of hydrogen-bond acceptors (Lipinski definition) is 13. The van der Waals surface area contributed by atoms with Gasteiger partial charge in [-0.05, 0) is 45.4 Å². The van der Waals surface area contributed by atoms with Gasteiger partial charge in [-0.25, -0.2) is 19.4 Å². The Hall–Kier alpha value is -7.06. The van der Waals surface area contributed by atoms with Crippen LogP contribution in [0.4, 0.5) is 15.5 Å². The Morgan fingerprint density at radius 2 is 1.27 bits per heavy atom. The van der Waals surface area contributed by atoms with Gasteiger partial charge in [-0.2, -0.15) is 0 Å². The van der Waals surface area contributed by atoms with E-state index in [1.807, 2.05) is 5.32 Å². The molecule has 0 bridgehead atoms. The zero-order valence-corrected chi connectivity index (χ0v) is 35.0. The number of aliphatic hydroxyl groups is 1. The Labute approximate surface area is 361 Å². The minimum atomic E-state index is -1.77. The molecular weight excluding hydrogens is 836 g/mol. The summed E-state index contributed by atoms with van der Waals surface area (Å²) in [5, 5.41) is 49.0. The molecule has 0 saturated carbocycles. The van der Waals surface area contributed by atoms with E-state index >= 15 is 0 Å². The van der Waals surface area contributed by atoms with Gasteiger partial charge in [0.15, 0.2) is 5.96 Å². The second kappa shape index (κ2) is 30.9. The van der Waals surface area contributed by atoms with Crippen LogP contribution in [0.5, 0.6) is 0 Å². The van der Waals surface area contributed by atoms with Gasteiger partial charge in [0, 0.05) is 44.4 Å². The molecule has 0 radical (unpaired) electrons. The molecular formula is C36H60N14O13. The van der Waals surface area contributed by atoms with Gasteiger partial charge in [0.25, 0.3) is 5.56 Å². The Bertz CT molecular complexity index is 1790. The monoisotopic (exact) mass is 896 g/mol. The van der Waals surface area contributed by atoms with Gasteiger partial charge in [0.1, 0.15) is 18.1 Å². The number of aliphatic imine (C=N–C) groups is 1. The predicted molar refractivity (Wildman–Crippen MR) is 224 cm³/mol. The summed E-state index contributed by atoms with van der Waals surface area (Å²) in [5.74, 6) is -7.56. The average molecular weight is 897 g/mol. The van der Waals surface area contributed by atoms with Gasteiger partial charge >= 0.3 is 24.0 Å². The summed E-state index contributed by atoms with van der Waals surface area (Å²) in [4.78, 5) is 131. The van der Waals surface area contributed by atoms with Gasteiger partial charge in [0.2, 0.25) is 35.5 Å². The number of aryl methyl sites for hydroxylation is 1. The van der Waals surface area contributed by atoms with Crippen LogP contribution in [0.1, 0.15) is 76.3 Å². The zero-order chi connectivity index (χ0) is 47.2. The summed E-state index contributed by atoms with van der Waals surface area (Å²) in [6, 6.07) is -4.27. The van der Waals surface area contributed by atoms with E-state index in [2.05, 4.69) is 57.5 Å². The van der Waals surface area contributed by atoms with E-state index < -0.39 is 91.7 Å². The molecule has 0 unspecified atom stereocenters. The summed E-state index contributed by atoms with van der Waals surface area (Å²) in [6.45, 7) is 0.705. The number of carboxylic acids is 2. The highest BCUT2D eigenvalue weighted by atomic mass is 16.4. The Morgan fingerprint density at radius 1 is 0.698 bits per heavy atom. The molecule has 0 aromatic carbocycles. The van der Waals surface area contributed by atoms with E-state index in [0.29, 0.717) is 44.6 Å². The van der Waals surface area contributed by atoms with Crippen LogP contribution >= 0.6 is 0 Å². The molecule has 0 aliphatic carbocycles.